The molecule has 0 aliphatic carbocycles. The molecule has 0 N–H and O–H groups in total. The van der Waals surface area contributed by atoms with Crippen molar-refractivity contribution < 1.29 is 0 Å². The first kappa shape index (κ1) is 21.4. The number of para-hydroxylation sites is 1. The van der Waals surface area contributed by atoms with Gasteiger partial charge in [0.2, 0.25) is 6.71 Å². The fourth-order valence-electron chi connectivity index (χ4n) is 6.53. The first-order chi connectivity index (χ1) is 16.4. The van der Waals surface area contributed by atoms with Crippen LogP contribution in [0, 0.1) is 0 Å². The molecule has 3 nitrogen and oxygen atoms in total. The second kappa shape index (κ2) is 7.70. The Balaban J connectivity index is 1.65. The summed E-state index contributed by atoms with van der Waals surface area (Å²) in [6.45, 7) is 9.59. The van der Waals surface area contributed by atoms with E-state index in [1.165, 1.54) is 50.1 Å². The first-order valence-corrected chi connectivity index (χ1v) is 12.7. The fourth-order valence-corrected chi connectivity index (χ4v) is 6.53. The van der Waals surface area contributed by atoms with Gasteiger partial charge in [-0.1, -0.05) is 75.6 Å². The van der Waals surface area contributed by atoms with Gasteiger partial charge >= 0.3 is 0 Å². The normalized spacial score (nSPS) is 18.1. The molecule has 0 radical (unpaired) electrons. The van der Waals surface area contributed by atoms with E-state index in [2.05, 4.69) is 123 Å². The number of nitrogens with zero attached hydrogens (tertiary/aromatic N) is 3. The Morgan fingerprint density at radius 1 is 0.765 bits per heavy atom. The summed E-state index contributed by atoms with van der Waals surface area (Å²) in [6.07, 6.45) is 5.87. The molecule has 3 aromatic rings. The highest BCUT2D eigenvalue weighted by Gasteiger charge is 2.42. The van der Waals surface area contributed by atoms with Crippen LogP contribution >= 0.6 is 0 Å². The van der Waals surface area contributed by atoms with Gasteiger partial charge in [0.05, 0.1) is 0 Å². The zero-order valence-electron chi connectivity index (χ0n) is 21.2. The van der Waals surface area contributed by atoms with Crippen molar-refractivity contribution in [1.82, 2.24) is 4.90 Å². The number of hydrogen-bond acceptors (Lipinski definition) is 3. The Morgan fingerprint density at radius 2 is 1.47 bits per heavy atom. The highest BCUT2D eigenvalue weighted by Crippen LogP contribution is 2.43. The first-order valence-electron chi connectivity index (χ1n) is 12.7. The zero-order chi connectivity index (χ0) is 23.7. The van der Waals surface area contributed by atoms with Gasteiger partial charge in [0.25, 0.3) is 0 Å². The van der Waals surface area contributed by atoms with Crippen LogP contribution in [0.25, 0.3) is 0 Å². The van der Waals surface area contributed by atoms with Gasteiger partial charge in [0.1, 0.15) is 6.17 Å². The topological polar surface area (TPSA) is 9.72 Å². The van der Waals surface area contributed by atoms with E-state index < -0.39 is 0 Å². The van der Waals surface area contributed by atoms with E-state index in [1.54, 1.807) is 0 Å². The molecular formula is C30H34BN3. The second-order valence-electron chi connectivity index (χ2n) is 10.8. The molecule has 172 valence electrons. The number of fused-ring (bicyclic) bond motifs is 6. The van der Waals surface area contributed by atoms with Crippen LogP contribution in [0.2, 0.25) is 0 Å². The zero-order valence-corrected chi connectivity index (χ0v) is 21.2. The summed E-state index contributed by atoms with van der Waals surface area (Å²) in [5, 5.41) is 0. The minimum Gasteiger partial charge on any atom is -0.358 e. The van der Waals surface area contributed by atoms with Crippen molar-refractivity contribution in [2.24, 2.45) is 0 Å². The standard InChI is InChI=1S/C30H34BN3/c1-19(2)21-10-9-11-22(20(3)4)29(21)31-24-12-7-8-13-27(24)33(6)30-23-18-28-32(5)16-17-34(28)26(23)15-14-25(30)31/h7-17,19-20,28H,18H2,1-6H3. The van der Waals surface area contributed by atoms with Crippen LogP contribution < -0.4 is 26.2 Å². The van der Waals surface area contributed by atoms with Gasteiger partial charge in [0.15, 0.2) is 0 Å². The van der Waals surface area contributed by atoms with E-state index in [1.807, 2.05) is 0 Å². The minimum absolute atomic E-state index is 0.243. The van der Waals surface area contributed by atoms with Gasteiger partial charge in [-0.2, -0.15) is 0 Å². The molecule has 0 fully saturated rings. The number of rotatable bonds is 3. The molecule has 3 aliphatic heterocycles. The summed E-state index contributed by atoms with van der Waals surface area (Å²) in [6, 6.07) is 20.8. The van der Waals surface area contributed by atoms with Crippen LogP contribution in [-0.4, -0.2) is 31.9 Å². The lowest BCUT2D eigenvalue weighted by atomic mass is 9.33. The van der Waals surface area contributed by atoms with E-state index in [4.69, 9.17) is 0 Å². The third kappa shape index (κ3) is 2.90. The van der Waals surface area contributed by atoms with E-state index in [9.17, 15) is 0 Å². The van der Waals surface area contributed by atoms with Gasteiger partial charge in [-0.25, -0.2) is 0 Å². The molecule has 34 heavy (non-hydrogen) atoms. The lowest BCUT2D eigenvalue weighted by Crippen LogP contribution is -2.59. The monoisotopic (exact) mass is 447 g/mol. The smallest absolute Gasteiger partial charge is 0.247 e. The Morgan fingerprint density at radius 3 is 2.18 bits per heavy atom. The van der Waals surface area contributed by atoms with Gasteiger partial charge in [-0.3, -0.25) is 0 Å². The molecule has 0 bridgehead atoms. The molecule has 0 amide bonds. The number of benzene rings is 3. The van der Waals surface area contributed by atoms with Gasteiger partial charge in [-0.15, -0.1) is 0 Å². The van der Waals surface area contributed by atoms with Crippen molar-refractivity contribution in [3.63, 3.8) is 0 Å². The molecule has 4 heteroatoms. The summed E-state index contributed by atoms with van der Waals surface area (Å²) < 4.78 is 0. The minimum atomic E-state index is 0.243. The van der Waals surface area contributed by atoms with Crippen LogP contribution in [0.3, 0.4) is 0 Å². The van der Waals surface area contributed by atoms with Crippen LogP contribution in [0.1, 0.15) is 56.2 Å². The van der Waals surface area contributed by atoms with Crippen molar-refractivity contribution in [1.29, 1.82) is 0 Å². The quantitative estimate of drug-likeness (QED) is 0.542. The molecule has 0 saturated carbocycles. The van der Waals surface area contributed by atoms with Crippen LogP contribution in [0.4, 0.5) is 17.1 Å². The molecule has 1 atom stereocenters. The Kier molecular flexibility index (Phi) is 4.84. The molecule has 0 saturated heterocycles. The van der Waals surface area contributed by atoms with E-state index in [-0.39, 0.29) is 6.71 Å². The molecular weight excluding hydrogens is 413 g/mol. The molecule has 3 aromatic carbocycles. The molecule has 3 aliphatic rings. The van der Waals surface area contributed by atoms with Gasteiger partial charge in [-0.05, 0) is 46.0 Å². The van der Waals surface area contributed by atoms with Crippen LogP contribution in [-0.2, 0) is 6.42 Å². The predicted octanol–water partition coefficient (Wildman–Crippen LogP) is 4.64. The van der Waals surface area contributed by atoms with Gasteiger partial charge in [0, 0.05) is 55.5 Å². The average Bonchev–Trinajstić information content (AvgIpc) is 3.38. The summed E-state index contributed by atoms with van der Waals surface area (Å²) in [7, 11) is 4.45. The maximum Gasteiger partial charge on any atom is 0.247 e. The van der Waals surface area contributed by atoms with E-state index >= 15 is 0 Å². The fraction of sp³-hybridized carbons (Fsp3) is 0.333. The molecule has 1 unspecified atom stereocenters. The van der Waals surface area contributed by atoms with Crippen molar-refractivity contribution in [2.45, 2.75) is 52.1 Å². The lowest BCUT2D eigenvalue weighted by Gasteiger charge is -2.38. The summed E-state index contributed by atoms with van der Waals surface area (Å²) in [5.74, 6) is 0.949. The summed E-state index contributed by atoms with van der Waals surface area (Å²) in [5.41, 5.74) is 12.9. The Hall–Kier alpha value is -3.14. The molecule has 0 spiro atoms. The van der Waals surface area contributed by atoms with Crippen LogP contribution in [0.15, 0.2) is 67.0 Å². The van der Waals surface area contributed by atoms with Gasteiger partial charge < -0.3 is 14.7 Å². The SMILES string of the molecule is CC(C)c1cccc(C(C)C)c1B1c2ccccc2N(C)c2c1ccc1c2CC2N(C)C=CN12. The van der Waals surface area contributed by atoms with E-state index in [0.29, 0.717) is 18.0 Å². The molecule has 0 aromatic heterocycles. The van der Waals surface area contributed by atoms with Crippen molar-refractivity contribution in [3.05, 3.63) is 83.7 Å². The highest BCUT2D eigenvalue weighted by atomic mass is 15.4. The second-order valence-corrected chi connectivity index (χ2v) is 10.8. The number of hydrogen-bond donors (Lipinski definition) is 0. The Bertz CT molecular complexity index is 1280. The third-order valence-corrected chi connectivity index (χ3v) is 8.17. The number of likely N-dealkylation sites (N-methyl/N-ethyl adjacent to an activating group) is 1. The molecule has 6 rings (SSSR count). The summed E-state index contributed by atoms with van der Waals surface area (Å²) in [4.78, 5) is 7.24. The largest absolute Gasteiger partial charge is 0.358 e. The maximum atomic E-state index is 2.46. The van der Waals surface area contributed by atoms with Crippen LogP contribution in [0.5, 0.6) is 0 Å². The molecule has 3 heterocycles. The van der Waals surface area contributed by atoms with Crippen molar-refractivity contribution in [2.75, 3.05) is 23.9 Å². The highest BCUT2D eigenvalue weighted by molar-refractivity contribution is 6.98. The van der Waals surface area contributed by atoms with E-state index in [0.717, 1.165) is 6.42 Å². The third-order valence-electron chi connectivity index (χ3n) is 8.17. The lowest BCUT2D eigenvalue weighted by molar-refractivity contribution is 0.369. The summed E-state index contributed by atoms with van der Waals surface area (Å²) >= 11 is 0. The van der Waals surface area contributed by atoms with Crippen molar-refractivity contribution >= 4 is 40.2 Å². The maximum absolute atomic E-state index is 2.46. The predicted molar refractivity (Wildman–Crippen MR) is 147 cm³/mol. The Labute approximate surface area is 204 Å². The average molecular weight is 447 g/mol. The number of anilines is 3. The van der Waals surface area contributed by atoms with Crippen molar-refractivity contribution in [3.8, 4) is 0 Å².